The molecule has 2 heteroatoms. The lowest BCUT2D eigenvalue weighted by Crippen LogP contribution is -2.34. The first-order valence-electron chi connectivity index (χ1n) is 10.5. The summed E-state index contributed by atoms with van der Waals surface area (Å²) in [6.45, 7) is 12.1. The van der Waals surface area contributed by atoms with E-state index in [4.69, 9.17) is 5.26 Å². The second-order valence-corrected chi connectivity index (χ2v) is 9.96. The highest BCUT2D eigenvalue weighted by molar-refractivity contribution is 5.86. The highest BCUT2D eigenvalue weighted by Gasteiger charge is 2.37. The van der Waals surface area contributed by atoms with Gasteiger partial charge in [0.2, 0.25) is 0 Å². The van der Waals surface area contributed by atoms with Crippen molar-refractivity contribution in [2.75, 3.05) is 0 Å². The van der Waals surface area contributed by atoms with Gasteiger partial charge in [-0.15, -0.1) is 0 Å². The number of allylic oxidation sites excluding steroid dienone is 1. The van der Waals surface area contributed by atoms with Gasteiger partial charge in [-0.2, -0.15) is 0 Å². The second kappa shape index (κ2) is 6.86. The van der Waals surface area contributed by atoms with Crippen molar-refractivity contribution in [2.45, 2.75) is 77.7 Å². The number of rotatable bonds is 3. The van der Waals surface area contributed by atoms with Gasteiger partial charge in [0.25, 0.3) is 0 Å². The van der Waals surface area contributed by atoms with Gasteiger partial charge in [0.15, 0.2) is 0 Å². The van der Waals surface area contributed by atoms with Crippen LogP contribution in [0, 0.1) is 6.92 Å². The molecule has 0 saturated carbocycles. The van der Waals surface area contributed by atoms with Crippen molar-refractivity contribution in [1.82, 2.24) is 0 Å². The fourth-order valence-electron chi connectivity index (χ4n) is 4.97. The topological polar surface area (TPSA) is 29.5 Å². The highest BCUT2D eigenvalue weighted by Crippen LogP contribution is 2.47. The van der Waals surface area contributed by atoms with Gasteiger partial charge in [-0.3, -0.25) is 5.26 Å². The second-order valence-electron chi connectivity index (χ2n) is 9.96. The molecule has 28 heavy (non-hydrogen) atoms. The standard InChI is InChI=1S/C26H32O2/c1-17-12-23-24(26(4,5)11-10-25(23,2)3)15-21(17)14-20-8-7-19-13-18(16-28-27)6-9-22(19)20/h6,9,12-15,27H,7-8,10-11,16H2,1-5H3. The molecule has 2 aliphatic rings. The van der Waals surface area contributed by atoms with Crippen LogP contribution in [0.4, 0.5) is 0 Å². The summed E-state index contributed by atoms with van der Waals surface area (Å²) in [7, 11) is 0. The molecular weight excluding hydrogens is 344 g/mol. The molecule has 0 heterocycles. The number of aryl methyl sites for hydroxylation is 2. The number of hydrogen-bond donors (Lipinski definition) is 1. The molecule has 0 bridgehead atoms. The molecule has 0 fully saturated rings. The normalized spacial score (nSPS) is 20.9. The van der Waals surface area contributed by atoms with Gasteiger partial charge >= 0.3 is 0 Å². The maximum absolute atomic E-state index is 8.71. The third-order valence-electron chi connectivity index (χ3n) is 6.98. The Morgan fingerprint density at radius 3 is 2.32 bits per heavy atom. The van der Waals surface area contributed by atoms with Crippen LogP contribution in [0.25, 0.3) is 11.6 Å². The van der Waals surface area contributed by atoms with E-state index in [-0.39, 0.29) is 17.4 Å². The molecule has 2 aromatic rings. The number of hydrogen-bond acceptors (Lipinski definition) is 2. The summed E-state index contributed by atoms with van der Waals surface area (Å²) < 4.78 is 0. The Morgan fingerprint density at radius 2 is 1.64 bits per heavy atom. The van der Waals surface area contributed by atoms with Crippen LogP contribution in [-0.4, -0.2) is 5.26 Å². The Hall–Kier alpha value is -1.90. The Balaban J connectivity index is 1.76. The first kappa shape index (κ1) is 19.4. The van der Waals surface area contributed by atoms with Crippen LogP contribution in [0.15, 0.2) is 30.3 Å². The fraction of sp³-hybridized carbons (Fsp3) is 0.462. The molecular formula is C26H32O2. The Labute approximate surface area is 169 Å². The predicted octanol–water partition coefficient (Wildman–Crippen LogP) is 6.82. The van der Waals surface area contributed by atoms with E-state index in [1.165, 1.54) is 51.8 Å². The lowest BCUT2D eigenvalue weighted by molar-refractivity contribution is -0.253. The van der Waals surface area contributed by atoms with Crippen molar-refractivity contribution in [1.29, 1.82) is 0 Å². The summed E-state index contributed by atoms with van der Waals surface area (Å²) in [6.07, 6.45) is 7.03. The molecule has 148 valence electrons. The van der Waals surface area contributed by atoms with Crippen molar-refractivity contribution < 1.29 is 10.1 Å². The molecule has 4 rings (SSSR count). The molecule has 0 atom stereocenters. The van der Waals surface area contributed by atoms with Crippen molar-refractivity contribution in [3.8, 4) is 0 Å². The molecule has 0 radical (unpaired) electrons. The van der Waals surface area contributed by atoms with Gasteiger partial charge in [0.05, 0.1) is 0 Å². The van der Waals surface area contributed by atoms with Crippen molar-refractivity contribution >= 4 is 11.6 Å². The minimum atomic E-state index is 0.235. The third-order valence-corrected chi connectivity index (χ3v) is 6.98. The largest absolute Gasteiger partial charge is 0.251 e. The lowest BCUT2D eigenvalue weighted by Gasteiger charge is -2.42. The summed E-state index contributed by atoms with van der Waals surface area (Å²) in [5.74, 6) is 0. The third kappa shape index (κ3) is 3.33. The summed E-state index contributed by atoms with van der Waals surface area (Å²) in [5.41, 5.74) is 11.4. The minimum Gasteiger partial charge on any atom is -0.251 e. The van der Waals surface area contributed by atoms with Gasteiger partial charge in [-0.05, 0) is 88.0 Å². The summed E-state index contributed by atoms with van der Waals surface area (Å²) in [5, 5.41) is 8.71. The molecule has 0 saturated heterocycles. The van der Waals surface area contributed by atoms with Gasteiger partial charge in [0, 0.05) is 0 Å². The van der Waals surface area contributed by atoms with Gasteiger partial charge in [-0.25, -0.2) is 4.89 Å². The molecule has 1 N–H and O–H groups in total. The van der Waals surface area contributed by atoms with Gasteiger partial charge in [0.1, 0.15) is 6.61 Å². The van der Waals surface area contributed by atoms with Crippen molar-refractivity contribution in [2.24, 2.45) is 0 Å². The molecule has 0 aromatic heterocycles. The summed E-state index contributed by atoms with van der Waals surface area (Å²) in [4.78, 5) is 4.30. The molecule has 2 nitrogen and oxygen atoms in total. The summed E-state index contributed by atoms with van der Waals surface area (Å²) >= 11 is 0. The maximum atomic E-state index is 8.71. The van der Waals surface area contributed by atoms with Crippen molar-refractivity contribution in [3.63, 3.8) is 0 Å². The van der Waals surface area contributed by atoms with Crippen LogP contribution < -0.4 is 0 Å². The van der Waals surface area contributed by atoms with E-state index in [0.29, 0.717) is 0 Å². The monoisotopic (exact) mass is 376 g/mol. The molecule has 0 aliphatic heterocycles. The van der Waals surface area contributed by atoms with Crippen LogP contribution in [-0.2, 0) is 28.7 Å². The van der Waals surface area contributed by atoms with Crippen LogP contribution in [0.2, 0.25) is 0 Å². The molecule has 2 aromatic carbocycles. The summed E-state index contributed by atoms with van der Waals surface area (Å²) in [6, 6.07) is 11.3. The van der Waals surface area contributed by atoms with E-state index in [1.54, 1.807) is 0 Å². The average molecular weight is 377 g/mol. The first-order valence-corrected chi connectivity index (χ1v) is 10.5. The minimum absolute atomic E-state index is 0.235. The van der Waals surface area contributed by atoms with E-state index < -0.39 is 0 Å². The van der Waals surface area contributed by atoms with E-state index >= 15 is 0 Å². The zero-order valence-corrected chi connectivity index (χ0v) is 17.9. The fourth-order valence-corrected chi connectivity index (χ4v) is 4.97. The van der Waals surface area contributed by atoms with Crippen molar-refractivity contribution in [3.05, 3.63) is 69.3 Å². The quantitative estimate of drug-likeness (QED) is 0.470. The van der Waals surface area contributed by atoms with E-state index in [9.17, 15) is 0 Å². The SMILES string of the molecule is Cc1cc2c(cc1C=C1CCc3cc(COO)ccc31)C(C)(C)CCC2(C)C. The zero-order chi connectivity index (χ0) is 20.1. The zero-order valence-electron chi connectivity index (χ0n) is 17.9. The average Bonchev–Trinajstić information content (AvgIpc) is 3.03. The van der Waals surface area contributed by atoms with Crippen LogP contribution in [0.3, 0.4) is 0 Å². The smallest absolute Gasteiger partial charge is 0.107 e. The van der Waals surface area contributed by atoms with Gasteiger partial charge < -0.3 is 0 Å². The molecule has 0 spiro atoms. The number of benzene rings is 2. The molecule has 0 unspecified atom stereocenters. The van der Waals surface area contributed by atoms with Crippen LogP contribution >= 0.6 is 0 Å². The lowest BCUT2D eigenvalue weighted by atomic mass is 9.62. The van der Waals surface area contributed by atoms with Crippen LogP contribution in [0.1, 0.15) is 85.9 Å². The highest BCUT2D eigenvalue weighted by atomic mass is 17.1. The van der Waals surface area contributed by atoms with E-state index in [0.717, 1.165) is 18.4 Å². The van der Waals surface area contributed by atoms with Crippen LogP contribution in [0.5, 0.6) is 0 Å². The first-order chi connectivity index (χ1) is 13.2. The Morgan fingerprint density at radius 1 is 0.964 bits per heavy atom. The number of fused-ring (bicyclic) bond motifs is 2. The molecule has 0 amide bonds. The Bertz CT molecular complexity index is 947. The van der Waals surface area contributed by atoms with Gasteiger partial charge in [-0.1, -0.05) is 64.1 Å². The maximum Gasteiger partial charge on any atom is 0.107 e. The Kier molecular flexibility index (Phi) is 4.76. The van der Waals surface area contributed by atoms with E-state index in [1.807, 2.05) is 0 Å². The van der Waals surface area contributed by atoms with E-state index in [2.05, 4.69) is 75.9 Å². The predicted molar refractivity (Wildman–Crippen MR) is 117 cm³/mol. The molecule has 2 aliphatic carbocycles.